The van der Waals surface area contributed by atoms with Crippen LogP contribution in [0.1, 0.15) is 20.3 Å². The third-order valence-corrected chi connectivity index (χ3v) is 1.16. The number of carbonyl (C=O) groups is 1. The first-order valence-corrected chi connectivity index (χ1v) is 3.45. The van der Waals surface area contributed by atoms with Crippen LogP contribution >= 0.6 is 0 Å². The molecule has 0 unspecified atom stereocenters. The van der Waals surface area contributed by atoms with Crippen molar-refractivity contribution in [1.29, 1.82) is 5.26 Å². The Bertz CT molecular complexity index is 201. The molecular formula is C8H11NO2. The Kier molecular flexibility index (Phi) is 4.83. The highest BCUT2D eigenvalue weighted by atomic mass is 16.5. The molecular weight excluding hydrogens is 142 g/mol. The van der Waals surface area contributed by atoms with Crippen LogP contribution in [-0.4, -0.2) is 12.6 Å². The van der Waals surface area contributed by atoms with E-state index < -0.39 is 5.97 Å². The monoisotopic (exact) mass is 153 g/mol. The van der Waals surface area contributed by atoms with Crippen LogP contribution in [0, 0.1) is 11.3 Å². The van der Waals surface area contributed by atoms with E-state index in [1.54, 1.807) is 19.9 Å². The average Bonchev–Trinajstić information content (AvgIpc) is 2.00. The highest BCUT2D eigenvalue weighted by Crippen LogP contribution is 2.02. The molecule has 0 N–H and O–H groups in total. The summed E-state index contributed by atoms with van der Waals surface area (Å²) in [6, 6.07) is 1.89. The summed E-state index contributed by atoms with van der Waals surface area (Å²) in [5, 5.41) is 8.29. The Labute approximate surface area is 66.3 Å². The number of esters is 1. The normalized spacial score (nSPS) is 10.5. The van der Waals surface area contributed by atoms with E-state index in [9.17, 15) is 4.79 Å². The third-order valence-electron chi connectivity index (χ3n) is 1.16. The van der Waals surface area contributed by atoms with Gasteiger partial charge in [-0.2, -0.15) is 5.26 Å². The summed E-state index contributed by atoms with van der Waals surface area (Å²) < 4.78 is 4.69. The Hall–Kier alpha value is -1.30. The van der Waals surface area contributed by atoms with Crippen LogP contribution < -0.4 is 0 Å². The van der Waals surface area contributed by atoms with E-state index >= 15 is 0 Å². The third kappa shape index (κ3) is 3.41. The lowest BCUT2D eigenvalue weighted by atomic mass is 10.2. The largest absolute Gasteiger partial charge is 0.463 e. The number of hydrogen-bond acceptors (Lipinski definition) is 3. The molecule has 0 spiro atoms. The second-order valence-corrected chi connectivity index (χ2v) is 1.87. The summed E-state index contributed by atoms with van der Waals surface area (Å²) in [6.07, 6.45) is 1.72. The molecule has 11 heavy (non-hydrogen) atoms. The van der Waals surface area contributed by atoms with Gasteiger partial charge in [0.2, 0.25) is 0 Å². The summed E-state index contributed by atoms with van der Waals surface area (Å²) in [5.41, 5.74) is 0.425. The standard InChI is InChI=1S/C8H11NO2/c1-3-7(5-6-9)8(10)11-4-2/h3H,4-5H2,1-2H3. The van der Waals surface area contributed by atoms with Gasteiger partial charge in [0.15, 0.2) is 0 Å². The molecule has 0 fully saturated rings. The smallest absolute Gasteiger partial charge is 0.334 e. The van der Waals surface area contributed by atoms with Crippen molar-refractivity contribution in [2.45, 2.75) is 20.3 Å². The van der Waals surface area contributed by atoms with Gasteiger partial charge in [-0.05, 0) is 13.8 Å². The van der Waals surface area contributed by atoms with Gasteiger partial charge in [0.1, 0.15) is 0 Å². The maximum Gasteiger partial charge on any atom is 0.334 e. The fourth-order valence-corrected chi connectivity index (χ4v) is 0.601. The van der Waals surface area contributed by atoms with E-state index in [1.165, 1.54) is 0 Å². The number of rotatable bonds is 3. The van der Waals surface area contributed by atoms with Crippen molar-refractivity contribution in [3.05, 3.63) is 11.6 Å². The Morgan fingerprint density at radius 3 is 2.73 bits per heavy atom. The summed E-state index contributed by atoms with van der Waals surface area (Å²) in [5.74, 6) is -0.392. The van der Waals surface area contributed by atoms with Crippen molar-refractivity contribution in [2.75, 3.05) is 6.61 Å². The van der Waals surface area contributed by atoms with Crippen molar-refractivity contribution in [3.63, 3.8) is 0 Å². The van der Waals surface area contributed by atoms with Crippen molar-refractivity contribution in [2.24, 2.45) is 0 Å². The van der Waals surface area contributed by atoms with Gasteiger partial charge < -0.3 is 4.74 Å². The summed E-state index contributed by atoms with van der Waals surface area (Å²) in [4.78, 5) is 10.9. The highest BCUT2D eigenvalue weighted by Gasteiger charge is 2.07. The first-order valence-electron chi connectivity index (χ1n) is 3.45. The van der Waals surface area contributed by atoms with E-state index in [1.807, 2.05) is 6.07 Å². The maximum atomic E-state index is 10.9. The van der Waals surface area contributed by atoms with Crippen LogP contribution in [0.5, 0.6) is 0 Å². The molecule has 0 bridgehead atoms. The van der Waals surface area contributed by atoms with Crippen LogP contribution in [0.25, 0.3) is 0 Å². The Morgan fingerprint density at radius 1 is 1.73 bits per heavy atom. The molecule has 0 radical (unpaired) electrons. The first kappa shape index (κ1) is 9.70. The Morgan fingerprint density at radius 2 is 2.36 bits per heavy atom. The topological polar surface area (TPSA) is 50.1 Å². The molecule has 0 aliphatic carbocycles. The zero-order valence-corrected chi connectivity index (χ0v) is 6.76. The number of carbonyl (C=O) groups excluding carboxylic acids is 1. The zero-order chi connectivity index (χ0) is 8.69. The second kappa shape index (κ2) is 5.48. The molecule has 0 amide bonds. The summed E-state index contributed by atoms with van der Waals surface area (Å²) >= 11 is 0. The minimum absolute atomic E-state index is 0.120. The lowest BCUT2D eigenvalue weighted by molar-refractivity contribution is -0.138. The molecule has 0 aliphatic heterocycles. The van der Waals surface area contributed by atoms with E-state index in [0.717, 1.165) is 0 Å². The van der Waals surface area contributed by atoms with Crippen molar-refractivity contribution in [3.8, 4) is 6.07 Å². The molecule has 0 saturated carbocycles. The van der Waals surface area contributed by atoms with Crippen molar-refractivity contribution in [1.82, 2.24) is 0 Å². The SMILES string of the molecule is CC=C(CC#N)C(=O)OCC. The minimum atomic E-state index is -0.392. The molecule has 3 nitrogen and oxygen atoms in total. The fraction of sp³-hybridized carbons (Fsp3) is 0.500. The van der Waals surface area contributed by atoms with Crippen LogP contribution in [0.3, 0.4) is 0 Å². The predicted octanol–water partition coefficient (Wildman–Crippen LogP) is 1.41. The number of nitriles is 1. The van der Waals surface area contributed by atoms with E-state index in [-0.39, 0.29) is 6.42 Å². The van der Waals surface area contributed by atoms with Gasteiger partial charge >= 0.3 is 5.97 Å². The number of hydrogen-bond donors (Lipinski definition) is 0. The highest BCUT2D eigenvalue weighted by molar-refractivity contribution is 5.88. The summed E-state index contributed by atoms with van der Waals surface area (Å²) in [6.45, 7) is 3.79. The molecule has 3 heteroatoms. The first-order chi connectivity index (χ1) is 5.26. The van der Waals surface area contributed by atoms with Gasteiger partial charge in [-0.3, -0.25) is 0 Å². The molecule has 0 aliphatic rings. The maximum absolute atomic E-state index is 10.9. The number of allylic oxidation sites excluding steroid dienone is 1. The van der Waals surface area contributed by atoms with Gasteiger partial charge in [0, 0.05) is 5.57 Å². The van der Waals surface area contributed by atoms with Gasteiger partial charge in [0.05, 0.1) is 19.1 Å². The molecule has 0 aromatic rings. The molecule has 0 atom stereocenters. The predicted molar refractivity (Wildman–Crippen MR) is 40.6 cm³/mol. The van der Waals surface area contributed by atoms with E-state index in [0.29, 0.717) is 12.2 Å². The number of ether oxygens (including phenoxy) is 1. The van der Waals surface area contributed by atoms with Crippen molar-refractivity contribution < 1.29 is 9.53 Å². The molecule has 0 rings (SSSR count). The van der Waals surface area contributed by atoms with Gasteiger partial charge in [-0.1, -0.05) is 6.08 Å². The van der Waals surface area contributed by atoms with Gasteiger partial charge in [0.25, 0.3) is 0 Å². The molecule has 0 saturated heterocycles. The van der Waals surface area contributed by atoms with Crippen LogP contribution in [-0.2, 0) is 9.53 Å². The fourth-order valence-electron chi connectivity index (χ4n) is 0.601. The zero-order valence-electron chi connectivity index (χ0n) is 6.76. The van der Waals surface area contributed by atoms with E-state index in [4.69, 9.17) is 5.26 Å². The lowest BCUT2D eigenvalue weighted by Gasteiger charge is -2.00. The lowest BCUT2D eigenvalue weighted by Crippen LogP contribution is -2.06. The number of nitrogens with zero attached hydrogens (tertiary/aromatic N) is 1. The molecule has 0 aromatic carbocycles. The summed E-state index contributed by atoms with van der Waals surface area (Å²) in [7, 11) is 0. The van der Waals surface area contributed by atoms with Crippen LogP contribution in [0.15, 0.2) is 11.6 Å². The van der Waals surface area contributed by atoms with Crippen LogP contribution in [0.2, 0.25) is 0 Å². The van der Waals surface area contributed by atoms with Gasteiger partial charge in [-0.15, -0.1) is 0 Å². The minimum Gasteiger partial charge on any atom is -0.463 e. The quantitative estimate of drug-likeness (QED) is 0.455. The van der Waals surface area contributed by atoms with E-state index in [2.05, 4.69) is 4.74 Å². The second-order valence-electron chi connectivity index (χ2n) is 1.87. The Balaban J connectivity index is 4.07. The average molecular weight is 153 g/mol. The van der Waals surface area contributed by atoms with Gasteiger partial charge in [-0.25, -0.2) is 4.79 Å². The molecule has 60 valence electrons. The molecule has 0 heterocycles. The molecule has 0 aromatic heterocycles. The van der Waals surface area contributed by atoms with Crippen LogP contribution in [0.4, 0.5) is 0 Å². The van der Waals surface area contributed by atoms with Crippen molar-refractivity contribution >= 4 is 5.97 Å².